The van der Waals surface area contributed by atoms with Crippen LogP contribution in [0.25, 0.3) is 16.8 Å². The van der Waals surface area contributed by atoms with Crippen molar-refractivity contribution in [2.75, 3.05) is 5.75 Å². The molecule has 0 spiro atoms. The van der Waals surface area contributed by atoms with Gasteiger partial charge in [-0.2, -0.15) is 4.68 Å². The second kappa shape index (κ2) is 15.5. The number of phenols is 1. The molecule has 49 heavy (non-hydrogen) atoms. The Balaban J connectivity index is 1.21. The Morgan fingerprint density at radius 2 is 1.63 bits per heavy atom. The predicted octanol–water partition coefficient (Wildman–Crippen LogP) is 7.10. The van der Waals surface area contributed by atoms with E-state index >= 15 is 0 Å². The molecule has 0 unspecified atom stereocenters. The van der Waals surface area contributed by atoms with Crippen molar-refractivity contribution >= 4 is 52.5 Å². The Morgan fingerprint density at radius 1 is 0.918 bits per heavy atom. The van der Waals surface area contributed by atoms with Gasteiger partial charge in [0, 0.05) is 23.8 Å². The normalized spacial score (nSPS) is 19.4. The Morgan fingerprint density at radius 3 is 2.33 bits per heavy atom. The zero-order chi connectivity index (χ0) is 34.5. The number of aromatic nitrogens is 4. The molecular formula is C35H32Cl3N5O5S. The molecule has 6 rings (SSSR count). The van der Waals surface area contributed by atoms with E-state index in [4.69, 9.17) is 44.3 Å². The highest BCUT2D eigenvalue weighted by Crippen LogP contribution is 2.43. The molecule has 0 radical (unpaired) electrons. The van der Waals surface area contributed by atoms with Gasteiger partial charge < -0.3 is 25.0 Å². The van der Waals surface area contributed by atoms with Gasteiger partial charge in [0.15, 0.2) is 6.29 Å². The number of rotatable bonds is 10. The molecule has 14 heteroatoms. The number of carbonyl (C=O) groups excluding carboxylic acids is 1. The molecule has 0 aliphatic carbocycles. The zero-order valence-electron chi connectivity index (χ0n) is 26.1. The number of tetrazole rings is 1. The first-order valence-electron chi connectivity index (χ1n) is 15.3. The van der Waals surface area contributed by atoms with E-state index in [2.05, 4.69) is 27.8 Å². The number of ether oxygens (including phenoxy) is 2. The third-order valence-electron chi connectivity index (χ3n) is 8.19. The van der Waals surface area contributed by atoms with Crippen molar-refractivity contribution in [1.82, 2.24) is 25.5 Å². The lowest BCUT2D eigenvalue weighted by molar-refractivity contribution is -0.268. The summed E-state index contributed by atoms with van der Waals surface area (Å²) in [4.78, 5) is 12.0. The number of halogens is 3. The third kappa shape index (κ3) is 8.56. The van der Waals surface area contributed by atoms with Crippen LogP contribution in [0.5, 0.6) is 5.75 Å². The average molecular weight is 741 g/mol. The molecule has 1 aliphatic rings. The molecule has 1 aromatic heterocycles. The number of aliphatic hydroxyl groups excluding tert-OH is 1. The van der Waals surface area contributed by atoms with Gasteiger partial charge in [-0.25, -0.2) is 0 Å². The maximum absolute atomic E-state index is 12.0. The number of hydrogen-bond donors (Lipinski definition) is 3. The summed E-state index contributed by atoms with van der Waals surface area (Å²) >= 11 is 18.5. The van der Waals surface area contributed by atoms with Crippen molar-refractivity contribution in [3.05, 3.63) is 119 Å². The van der Waals surface area contributed by atoms with Crippen molar-refractivity contribution in [1.29, 1.82) is 0 Å². The van der Waals surface area contributed by atoms with Crippen molar-refractivity contribution < 1.29 is 24.5 Å². The van der Waals surface area contributed by atoms with Crippen LogP contribution in [0.15, 0.2) is 102 Å². The Labute approximate surface area is 302 Å². The molecule has 4 aromatic carbocycles. The summed E-state index contributed by atoms with van der Waals surface area (Å²) in [5, 5.41) is 34.7. The number of benzene rings is 4. The van der Waals surface area contributed by atoms with Crippen LogP contribution in [0.2, 0.25) is 0 Å². The number of amides is 1. The second-order valence-corrected chi connectivity index (χ2v) is 14.8. The fourth-order valence-electron chi connectivity index (χ4n) is 5.47. The molecular weight excluding hydrogens is 709 g/mol. The van der Waals surface area contributed by atoms with Crippen LogP contribution in [0.3, 0.4) is 0 Å². The highest BCUT2D eigenvalue weighted by molar-refractivity contribution is 7.99. The summed E-state index contributed by atoms with van der Waals surface area (Å²) in [6.07, 6.45) is -1.19. The molecule has 254 valence electrons. The van der Waals surface area contributed by atoms with E-state index in [9.17, 15) is 15.0 Å². The summed E-state index contributed by atoms with van der Waals surface area (Å²) in [6, 6.07) is 30.1. The zero-order valence-corrected chi connectivity index (χ0v) is 29.2. The van der Waals surface area contributed by atoms with Gasteiger partial charge in [0.05, 0.1) is 24.5 Å². The minimum Gasteiger partial charge on any atom is -0.508 e. The molecule has 1 saturated heterocycles. The van der Waals surface area contributed by atoms with E-state index in [1.807, 2.05) is 72.8 Å². The summed E-state index contributed by atoms with van der Waals surface area (Å²) < 4.78 is 12.8. The van der Waals surface area contributed by atoms with Gasteiger partial charge in [-0.3, -0.25) is 4.79 Å². The molecule has 5 aromatic rings. The highest BCUT2D eigenvalue weighted by Gasteiger charge is 2.38. The maximum Gasteiger partial charge on any atom is 0.272 e. The van der Waals surface area contributed by atoms with Gasteiger partial charge in [-0.05, 0) is 68.6 Å². The molecule has 1 fully saturated rings. The summed E-state index contributed by atoms with van der Waals surface area (Å²) in [6.45, 7) is 2.27. The number of hydrogen-bond acceptors (Lipinski definition) is 9. The largest absolute Gasteiger partial charge is 0.508 e. The number of carbonyl (C=O) groups is 1. The third-order valence-corrected chi connectivity index (χ3v) is 9.71. The lowest BCUT2D eigenvalue weighted by Crippen LogP contribution is -2.38. The molecule has 1 aliphatic heterocycles. The molecule has 10 nitrogen and oxygen atoms in total. The Kier molecular flexibility index (Phi) is 11.1. The van der Waals surface area contributed by atoms with E-state index < -0.39 is 16.0 Å². The topological polar surface area (TPSA) is 132 Å². The summed E-state index contributed by atoms with van der Waals surface area (Å²) in [5.41, 5.74) is 6.15. The van der Waals surface area contributed by atoms with E-state index in [-0.39, 0.29) is 37.0 Å². The standard InChI is InChI=1S/C35H32Cl3N5O5S/c1-21-30(20-49-34-40-41-42-43(34)28-13-15-29(45)16-14-28)47-32(48-31(21)25-7-5-22(19-44)6-8-25)26-11-9-24(10-12-26)27-4-2-3-23(17-27)18-39-33(46)35(36,37)38/h2-17,21,30-32,44-45H,18-20H2,1H3,(H,39,46)/t21-,30+,31+,32+/m0/s1. The van der Waals surface area contributed by atoms with E-state index in [1.54, 1.807) is 28.9 Å². The minimum absolute atomic E-state index is 0.0363. The number of nitrogens with zero attached hydrogens (tertiary/aromatic N) is 4. The molecule has 4 atom stereocenters. The maximum atomic E-state index is 12.0. The first-order chi connectivity index (χ1) is 23.6. The molecule has 1 amide bonds. The Bertz CT molecular complexity index is 1870. The van der Waals surface area contributed by atoms with Crippen LogP contribution in [0.1, 0.15) is 41.6 Å². The van der Waals surface area contributed by atoms with Crippen molar-refractivity contribution in [3.63, 3.8) is 0 Å². The van der Waals surface area contributed by atoms with Crippen molar-refractivity contribution in [2.24, 2.45) is 5.92 Å². The monoisotopic (exact) mass is 739 g/mol. The fourth-order valence-corrected chi connectivity index (χ4v) is 6.72. The van der Waals surface area contributed by atoms with E-state index in [0.29, 0.717) is 10.9 Å². The summed E-state index contributed by atoms with van der Waals surface area (Å²) in [7, 11) is 0. The molecule has 0 bridgehead atoms. The van der Waals surface area contributed by atoms with Crippen molar-refractivity contribution in [3.8, 4) is 22.6 Å². The number of aliphatic hydroxyl groups is 1. The van der Waals surface area contributed by atoms with Crippen LogP contribution in [0, 0.1) is 5.92 Å². The number of phenolic OH excluding ortho intramolecular Hbond substituents is 1. The lowest BCUT2D eigenvalue weighted by atomic mass is 9.91. The molecule has 2 heterocycles. The van der Waals surface area contributed by atoms with Gasteiger partial charge >= 0.3 is 0 Å². The van der Waals surface area contributed by atoms with Gasteiger partial charge in [-0.1, -0.05) is 120 Å². The van der Waals surface area contributed by atoms with Crippen LogP contribution in [-0.4, -0.2) is 52.0 Å². The predicted molar refractivity (Wildman–Crippen MR) is 189 cm³/mol. The van der Waals surface area contributed by atoms with Gasteiger partial charge in [0.25, 0.3) is 9.70 Å². The van der Waals surface area contributed by atoms with E-state index in [1.165, 1.54) is 11.8 Å². The fraction of sp³-hybridized carbons (Fsp3) is 0.257. The highest BCUT2D eigenvalue weighted by atomic mass is 35.6. The number of alkyl halides is 3. The average Bonchev–Trinajstić information content (AvgIpc) is 3.59. The van der Waals surface area contributed by atoms with Crippen molar-refractivity contribution in [2.45, 2.75) is 47.5 Å². The number of nitrogens with one attached hydrogen (secondary N) is 1. The van der Waals surface area contributed by atoms with Gasteiger partial charge in [-0.15, -0.1) is 5.10 Å². The number of thioether (sulfide) groups is 1. The van der Waals surface area contributed by atoms with E-state index in [0.717, 1.165) is 39.1 Å². The van der Waals surface area contributed by atoms with Crippen LogP contribution >= 0.6 is 46.6 Å². The Hall–Kier alpha value is -3.68. The molecule has 3 N–H and O–H groups in total. The SMILES string of the molecule is C[C@H]1[C@@H](CSc2nnnn2-c2ccc(O)cc2)O[C@@H](c2ccc(-c3cccc(CNC(=O)C(Cl)(Cl)Cl)c3)cc2)O[C@H]1c1ccc(CO)cc1. The molecule has 0 saturated carbocycles. The van der Waals surface area contributed by atoms with Crippen LogP contribution in [-0.2, 0) is 27.4 Å². The first-order valence-corrected chi connectivity index (χ1v) is 17.5. The quantitative estimate of drug-likeness (QED) is 0.101. The van der Waals surface area contributed by atoms with Gasteiger partial charge in [0.2, 0.25) is 5.16 Å². The summed E-state index contributed by atoms with van der Waals surface area (Å²) in [5.74, 6) is -0.0235. The number of aromatic hydroxyl groups is 1. The lowest BCUT2D eigenvalue weighted by Gasteiger charge is -2.41. The smallest absolute Gasteiger partial charge is 0.272 e. The van der Waals surface area contributed by atoms with Crippen LogP contribution in [0.4, 0.5) is 0 Å². The minimum atomic E-state index is -2.03. The van der Waals surface area contributed by atoms with Gasteiger partial charge in [0.1, 0.15) is 5.75 Å². The second-order valence-electron chi connectivity index (χ2n) is 11.5. The van der Waals surface area contributed by atoms with Crippen LogP contribution < -0.4 is 5.32 Å². The first kappa shape index (κ1) is 35.2.